The zero-order valence-electron chi connectivity index (χ0n) is 18.7. The van der Waals surface area contributed by atoms with E-state index in [1.807, 2.05) is 0 Å². The number of nitrogens with zero attached hydrogens (tertiary/aromatic N) is 3. The minimum absolute atomic E-state index is 0.0551. The summed E-state index contributed by atoms with van der Waals surface area (Å²) < 4.78 is 0. The SMILES string of the molecule is Cc1cccc(N2CCN(CC(O)CO/N=C3\C(=O)[C@@H]4CC[C@@]3(C)C4(C)C)CC2)c1. The molecule has 1 aliphatic heterocycles. The van der Waals surface area contributed by atoms with Crippen molar-refractivity contribution in [3.63, 3.8) is 0 Å². The van der Waals surface area contributed by atoms with Gasteiger partial charge in [0, 0.05) is 49.7 Å². The van der Waals surface area contributed by atoms with Crippen molar-refractivity contribution in [1.82, 2.24) is 4.90 Å². The molecule has 1 unspecified atom stereocenters. The van der Waals surface area contributed by atoms with Crippen molar-refractivity contribution in [2.24, 2.45) is 21.9 Å². The Balaban J connectivity index is 1.25. The first-order valence-electron chi connectivity index (χ1n) is 11.2. The van der Waals surface area contributed by atoms with Crippen LogP contribution >= 0.6 is 0 Å². The van der Waals surface area contributed by atoms with Gasteiger partial charge in [0.15, 0.2) is 5.78 Å². The molecule has 164 valence electrons. The number of fused-ring (bicyclic) bond motifs is 2. The van der Waals surface area contributed by atoms with E-state index < -0.39 is 6.10 Å². The highest BCUT2D eigenvalue weighted by atomic mass is 16.6. The number of benzene rings is 1. The van der Waals surface area contributed by atoms with E-state index in [1.54, 1.807) is 0 Å². The minimum atomic E-state index is -0.616. The Bertz CT molecular complexity index is 829. The second-order valence-corrected chi connectivity index (χ2v) is 10.0. The number of hydrogen-bond acceptors (Lipinski definition) is 6. The van der Waals surface area contributed by atoms with Crippen LogP contribution in [0, 0.1) is 23.7 Å². The maximum atomic E-state index is 12.7. The number of oxime groups is 1. The van der Waals surface area contributed by atoms with E-state index >= 15 is 0 Å². The third kappa shape index (κ3) is 3.65. The van der Waals surface area contributed by atoms with Gasteiger partial charge < -0.3 is 14.8 Å². The molecule has 2 bridgehead atoms. The fourth-order valence-corrected chi connectivity index (χ4v) is 5.52. The summed E-state index contributed by atoms with van der Waals surface area (Å²) in [5.74, 6) is 0.190. The summed E-state index contributed by atoms with van der Waals surface area (Å²) in [6.45, 7) is 13.0. The number of carbonyl (C=O) groups is 1. The van der Waals surface area contributed by atoms with E-state index in [-0.39, 0.29) is 29.1 Å². The molecule has 30 heavy (non-hydrogen) atoms. The van der Waals surface area contributed by atoms with E-state index in [9.17, 15) is 9.90 Å². The van der Waals surface area contributed by atoms with Gasteiger partial charge in [-0.15, -0.1) is 0 Å². The van der Waals surface area contributed by atoms with Crippen LogP contribution in [0.4, 0.5) is 5.69 Å². The summed E-state index contributed by atoms with van der Waals surface area (Å²) in [6.07, 6.45) is 1.31. The van der Waals surface area contributed by atoms with Crippen molar-refractivity contribution in [2.75, 3.05) is 44.2 Å². The number of hydrogen-bond donors (Lipinski definition) is 1. The van der Waals surface area contributed by atoms with Gasteiger partial charge in [-0.05, 0) is 42.9 Å². The molecule has 1 aromatic carbocycles. The van der Waals surface area contributed by atoms with Crippen LogP contribution in [0.1, 0.15) is 39.2 Å². The molecule has 1 N–H and O–H groups in total. The summed E-state index contributed by atoms with van der Waals surface area (Å²) in [5, 5.41) is 14.7. The molecular weight excluding hydrogens is 378 g/mol. The molecule has 2 saturated carbocycles. The molecule has 1 saturated heterocycles. The standard InChI is InChI=1S/C24H35N3O3/c1-17-6-5-7-18(14-17)27-12-10-26(11-13-27)15-19(28)16-30-25-22-21(29)20-8-9-24(22,4)23(20,2)3/h5-7,14,19-20,28H,8-13,15-16H2,1-4H3/b25-22+/t19?,20-,24+/m0/s1. The molecule has 6 nitrogen and oxygen atoms in total. The first-order valence-corrected chi connectivity index (χ1v) is 11.2. The number of piperazine rings is 1. The highest BCUT2D eigenvalue weighted by Crippen LogP contribution is 2.62. The van der Waals surface area contributed by atoms with Crippen LogP contribution in [0.5, 0.6) is 0 Å². The number of β-amino-alcohol motifs (C(OH)–C–C–N with tert-alkyl or cyclic N) is 1. The number of aliphatic hydroxyl groups is 1. The third-order valence-corrected chi connectivity index (χ3v) is 7.93. The number of rotatable bonds is 6. The fourth-order valence-electron chi connectivity index (χ4n) is 5.52. The third-order valence-electron chi connectivity index (χ3n) is 7.93. The summed E-state index contributed by atoms with van der Waals surface area (Å²) in [4.78, 5) is 22.8. The van der Waals surface area contributed by atoms with Crippen LogP contribution in [0.15, 0.2) is 29.4 Å². The van der Waals surface area contributed by atoms with Crippen molar-refractivity contribution in [3.8, 4) is 0 Å². The van der Waals surface area contributed by atoms with Crippen LogP contribution in [0.3, 0.4) is 0 Å². The first-order chi connectivity index (χ1) is 14.2. The molecule has 0 radical (unpaired) electrons. The number of Topliss-reactive ketones (excluding diaryl/α,β-unsaturated/α-hetero) is 1. The van der Waals surface area contributed by atoms with Gasteiger partial charge in [-0.3, -0.25) is 9.69 Å². The number of aryl methyl sites for hydroxylation is 1. The lowest BCUT2D eigenvalue weighted by molar-refractivity contribution is -0.117. The largest absolute Gasteiger partial charge is 0.393 e. The summed E-state index contributed by atoms with van der Waals surface area (Å²) in [6, 6.07) is 8.59. The Kier molecular flexibility index (Phi) is 5.66. The van der Waals surface area contributed by atoms with Gasteiger partial charge in [0.1, 0.15) is 18.4 Å². The monoisotopic (exact) mass is 413 g/mol. The highest BCUT2D eigenvalue weighted by Gasteiger charge is 2.65. The predicted molar refractivity (Wildman–Crippen MR) is 119 cm³/mol. The van der Waals surface area contributed by atoms with Gasteiger partial charge in [-0.25, -0.2) is 0 Å². The van der Waals surface area contributed by atoms with Gasteiger partial charge in [0.05, 0.1) is 0 Å². The van der Waals surface area contributed by atoms with E-state index in [0.717, 1.165) is 39.0 Å². The number of anilines is 1. The Morgan fingerprint density at radius 3 is 2.60 bits per heavy atom. The van der Waals surface area contributed by atoms with E-state index in [4.69, 9.17) is 4.84 Å². The second-order valence-electron chi connectivity index (χ2n) is 10.0. The topological polar surface area (TPSA) is 65.4 Å². The first kappa shape index (κ1) is 21.3. The molecule has 0 amide bonds. The normalized spacial score (nSPS) is 30.8. The number of aliphatic hydroxyl groups excluding tert-OH is 1. The van der Waals surface area contributed by atoms with Crippen LogP contribution in [-0.4, -0.2) is 66.9 Å². The van der Waals surface area contributed by atoms with Crippen LogP contribution in [0.2, 0.25) is 0 Å². The lowest BCUT2D eigenvalue weighted by atomic mass is 9.70. The van der Waals surface area contributed by atoms with E-state index in [1.165, 1.54) is 11.3 Å². The van der Waals surface area contributed by atoms with Crippen molar-refractivity contribution < 1.29 is 14.7 Å². The minimum Gasteiger partial charge on any atom is -0.393 e. The van der Waals surface area contributed by atoms with Crippen LogP contribution in [-0.2, 0) is 9.63 Å². The molecule has 2 aliphatic carbocycles. The zero-order chi connectivity index (χ0) is 21.5. The Hall–Kier alpha value is -1.92. The van der Waals surface area contributed by atoms with Crippen LogP contribution < -0.4 is 4.90 Å². The molecule has 0 aromatic heterocycles. The average Bonchev–Trinajstić information content (AvgIpc) is 3.01. The number of carbonyl (C=O) groups excluding carboxylic acids is 1. The molecular formula is C24H35N3O3. The van der Waals surface area contributed by atoms with E-state index in [2.05, 4.69) is 66.9 Å². The molecule has 3 fully saturated rings. The van der Waals surface area contributed by atoms with Crippen molar-refractivity contribution in [3.05, 3.63) is 29.8 Å². The van der Waals surface area contributed by atoms with Crippen LogP contribution in [0.25, 0.3) is 0 Å². The maximum Gasteiger partial charge on any atom is 0.184 e. The maximum absolute atomic E-state index is 12.7. The fraction of sp³-hybridized carbons (Fsp3) is 0.667. The van der Waals surface area contributed by atoms with Crippen molar-refractivity contribution in [1.29, 1.82) is 0 Å². The Morgan fingerprint density at radius 1 is 1.23 bits per heavy atom. The highest BCUT2D eigenvalue weighted by molar-refractivity contribution is 6.45. The Morgan fingerprint density at radius 2 is 1.97 bits per heavy atom. The molecule has 3 atom stereocenters. The molecule has 1 heterocycles. The van der Waals surface area contributed by atoms with Gasteiger partial charge in [0.25, 0.3) is 0 Å². The lowest BCUT2D eigenvalue weighted by Crippen LogP contribution is -2.49. The molecule has 3 aliphatic rings. The molecule has 0 spiro atoms. The lowest BCUT2D eigenvalue weighted by Gasteiger charge is -2.37. The smallest absolute Gasteiger partial charge is 0.184 e. The molecule has 6 heteroatoms. The van der Waals surface area contributed by atoms with Gasteiger partial charge in [0.2, 0.25) is 0 Å². The predicted octanol–water partition coefficient (Wildman–Crippen LogP) is 2.88. The number of ketones is 1. The quantitative estimate of drug-likeness (QED) is 0.727. The summed E-state index contributed by atoms with van der Waals surface area (Å²) >= 11 is 0. The second kappa shape index (κ2) is 7.97. The van der Waals surface area contributed by atoms with Crippen molar-refractivity contribution in [2.45, 2.75) is 46.6 Å². The van der Waals surface area contributed by atoms with Gasteiger partial charge in [-0.1, -0.05) is 38.1 Å². The molecule has 4 rings (SSSR count). The van der Waals surface area contributed by atoms with Crippen molar-refractivity contribution >= 4 is 17.2 Å². The van der Waals surface area contributed by atoms with Gasteiger partial charge in [-0.2, -0.15) is 0 Å². The zero-order valence-corrected chi connectivity index (χ0v) is 18.7. The average molecular weight is 414 g/mol. The van der Waals surface area contributed by atoms with Gasteiger partial charge >= 0.3 is 0 Å². The molecule has 1 aromatic rings. The summed E-state index contributed by atoms with van der Waals surface area (Å²) in [7, 11) is 0. The summed E-state index contributed by atoms with van der Waals surface area (Å²) in [5.41, 5.74) is 2.83. The van der Waals surface area contributed by atoms with E-state index in [0.29, 0.717) is 12.3 Å². The Labute approximate surface area is 179 Å².